The predicted molar refractivity (Wildman–Crippen MR) is 94.2 cm³/mol. The number of benzene rings is 1. The first-order valence-corrected chi connectivity index (χ1v) is 8.08. The predicted octanol–water partition coefficient (Wildman–Crippen LogP) is -0.896. The smallest absolute Gasteiger partial charge is 0.326 e. The highest BCUT2D eigenvalue weighted by molar-refractivity contribution is 5.92. The van der Waals surface area contributed by atoms with E-state index in [2.05, 4.69) is 15.6 Å². The van der Waals surface area contributed by atoms with Crippen molar-refractivity contribution in [3.05, 3.63) is 36.0 Å². The van der Waals surface area contributed by atoms with Crippen LogP contribution in [0.4, 0.5) is 0 Å². The Morgan fingerprint density at radius 3 is 2.54 bits per heavy atom. The van der Waals surface area contributed by atoms with Gasteiger partial charge in [0.05, 0.1) is 6.61 Å². The number of nitrogens with two attached hydrogens (primary N) is 1. The summed E-state index contributed by atoms with van der Waals surface area (Å²) in [4.78, 5) is 38.4. The minimum atomic E-state index is -1.19. The molecular formula is C17H22N4O5. The third-order valence-electron chi connectivity index (χ3n) is 4.00. The van der Waals surface area contributed by atoms with Crippen molar-refractivity contribution >= 4 is 28.7 Å². The zero-order valence-corrected chi connectivity index (χ0v) is 14.2. The van der Waals surface area contributed by atoms with Gasteiger partial charge in [0.25, 0.3) is 0 Å². The number of carbonyl (C=O) groups is 3. The summed E-state index contributed by atoms with van der Waals surface area (Å²) >= 11 is 0. The van der Waals surface area contributed by atoms with Gasteiger partial charge in [-0.05, 0) is 18.6 Å². The number of carbonyl (C=O) groups excluding carboxylic acids is 2. The third kappa shape index (κ3) is 4.58. The SMILES string of the molecule is CC(NC(=O)C(N)CO)C(=O)NC(Cc1c[nH]c2ccccc12)C(=O)O. The standard InChI is InChI=1S/C17H22N4O5/c1-9(20-16(24)12(18)8-22)15(23)21-14(17(25)26)6-10-7-19-13-5-3-2-4-11(10)13/h2-5,7,9,12,14,19,22H,6,8,18H2,1H3,(H,20,24)(H,21,23)(H,25,26). The number of para-hydroxylation sites is 1. The molecule has 26 heavy (non-hydrogen) atoms. The Labute approximate surface area is 149 Å². The lowest BCUT2D eigenvalue weighted by atomic mass is 10.0. The molecule has 9 nitrogen and oxygen atoms in total. The zero-order valence-electron chi connectivity index (χ0n) is 14.2. The van der Waals surface area contributed by atoms with Crippen molar-refractivity contribution in [2.24, 2.45) is 5.73 Å². The molecule has 0 saturated heterocycles. The number of H-pyrrole nitrogens is 1. The van der Waals surface area contributed by atoms with Gasteiger partial charge in [-0.25, -0.2) is 4.79 Å². The summed E-state index contributed by atoms with van der Waals surface area (Å²) in [6.07, 6.45) is 1.79. The number of carboxylic acids is 1. The van der Waals surface area contributed by atoms with E-state index in [0.717, 1.165) is 16.5 Å². The van der Waals surface area contributed by atoms with E-state index in [4.69, 9.17) is 10.8 Å². The molecule has 2 amide bonds. The van der Waals surface area contributed by atoms with E-state index >= 15 is 0 Å². The number of carboxylic acid groups (broad SMARTS) is 1. The number of aliphatic hydroxyl groups is 1. The van der Waals surface area contributed by atoms with Crippen LogP contribution in [0.5, 0.6) is 0 Å². The van der Waals surface area contributed by atoms with Crippen molar-refractivity contribution in [1.82, 2.24) is 15.6 Å². The number of hydrogen-bond donors (Lipinski definition) is 6. The lowest BCUT2D eigenvalue weighted by Gasteiger charge is -2.19. The summed E-state index contributed by atoms with van der Waals surface area (Å²) in [5.74, 6) is -2.54. The van der Waals surface area contributed by atoms with Crippen LogP contribution in [0.2, 0.25) is 0 Å². The van der Waals surface area contributed by atoms with E-state index in [0.29, 0.717) is 0 Å². The lowest BCUT2D eigenvalue weighted by Crippen LogP contribution is -2.54. The molecule has 0 spiro atoms. The van der Waals surface area contributed by atoms with E-state index in [9.17, 15) is 19.5 Å². The number of hydrogen-bond acceptors (Lipinski definition) is 5. The molecule has 0 aliphatic carbocycles. The van der Waals surface area contributed by atoms with E-state index in [-0.39, 0.29) is 6.42 Å². The number of aromatic amines is 1. The van der Waals surface area contributed by atoms with Gasteiger partial charge in [0.1, 0.15) is 18.1 Å². The number of amides is 2. The first-order valence-electron chi connectivity index (χ1n) is 8.08. The maximum Gasteiger partial charge on any atom is 0.326 e. The highest BCUT2D eigenvalue weighted by atomic mass is 16.4. The Hall–Kier alpha value is -2.91. The monoisotopic (exact) mass is 362 g/mol. The number of fused-ring (bicyclic) bond motifs is 1. The molecule has 1 aromatic carbocycles. The molecular weight excluding hydrogens is 340 g/mol. The highest BCUT2D eigenvalue weighted by Crippen LogP contribution is 2.19. The normalized spacial score (nSPS) is 14.4. The summed E-state index contributed by atoms with van der Waals surface area (Å²) in [7, 11) is 0. The topological polar surface area (TPSA) is 158 Å². The molecule has 2 rings (SSSR count). The molecule has 0 aliphatic rings. The molecule has 2 aromatic rings. The lowest BCUT2D eigenvalue weighted by molar-refractivity contribution is -0.142. The van der Waals surface area contributed by atoms with E-state index < -0.39 is 42.5 Å². The molecule has 1 heterocycles. The van der Waals surface area contributed by atoms with Crippen molar-refractivity contribution in [1.29, 1.82) is 0 Å². The van der Waals surface area contributed by atoms with Gasteiger partial charge in [0.2, 0.25) is 11.8 Å². The summed E-state index contributed by atoms with van der Waals surface area (Å²) in [6, 6.07) is 4.14. The Balaban J connectivity index is 2.04. The number of rotatable bonds is 8. The molecule has 0 aliphatic heterocycles. The quantitative estimate of drug-likeness (QED) is 0.357. The van der Waals surface area contributed by atoms with E-state index in [1.54, 1.807) is 6.20 Å². The van der Waals surface area contributed by atoms with Crippen LogP contribution in [0.25, 0.3) is 10.9 Å². The Morgan fingerprint density at radius 2 is 1.88 bits per heavy atom. The summed E-state index contributed by atoms with van der Waals surface area (Å²) in [5.41, 5.74) is 6.99. The molecule has 3 atom stereocenters. The maximum absolute atomic E-state index is 12.2. The Morgan fingerprint density at radius 1 is 1.19 bits per heavy atom. The van der Waals surface area contributed by atoms with Crippen molar-refractivity contribution in [3.8, 4) is 0 Å². The van der Waals surface area contributed by atoms with Gasteiger partial charge in [0.15, 0.2) is 0 Å². The van der Waals surface area contributed by atoms with Crippen molar-refractivity contribution in [2.45, 2.75) is 31.5 Å². The third-order valence-corrected chi connectivity index (χ3v) is 4.00. The minimum Gasteiger partial charge on any atom is -0.480 e. The average Bonchev–Trinajstić information content (AvgIpc) is 3.03. The fourth-order valence-corrected chi connectivity index (χ4v) is 2.49. The van der Waals surface area contributed by atoms with Crippen LogP contribution in [-0.2, 0) is 20.8 Å². The largest absolute Gasteiger partial charge is 0.480 e. The molecule has 7 N–H and O–H groups in total. The second-order valence-electron chi connectivity index (χ2n) is 5.98. The van der Waals surface area contributed by atoms with Gasteiger partial charge in [0, 0.05) is 23.5 Å². The van der Waals surface area contributed by atoms with Crippen LogP contribution in [-0.4, -0.2) is 57.7 Å². The van der Waals surface area contributed by atoms with Crippen LogP contribution in [0.3, 0.4) is 0 Å². The fraction of sp³-hybridized carbons (Fsp3) is 0.353. The molecule has 1 aromatic heterocycles. The van der Waals surface area contributed by atoms with Crippen LogP contribution >= 0.6 is 0 Å². The maximum atomic E-state index is 12.2. The summed E-state index contributed by atoms with van der Waals surface area (Å²) < 4.78 is 0. The molecule has 9 heteroatoms. The van der Waals surface area contributed by atoms with Gasteiger partial charge in [-0.1, -0.05) is 18.2 Å². The van der Waals surface area contributed by atoms with Crippen LogP contribution in [0.1, 0.15) is 12.5 Å². The summed E-state index contributed by atoms with van der Waals surface area (Å²) in [6.45, 7) is 0.848. The Kier molecular flexibility index (Phi) is 6.31. The number of aliphatic hydroxyl groups excluding tert-OH is 1. The molecule has 140 valence electrons. The first-order chi connectivity index (χ1) is 12.3. The van der Waals surface area contributed by atoms with E-state index in [1.165, 1.54) is 6.92 Å². The van der Waals surface area contributed by atoms with Crippen molar-refractivity contribution in [3.63, 3.8) is 0 Å². The average molecular weight is 362 g/mol. The molecule has 0 bridgehead atoms. The van der Waals surface area contributed by atoms with Gasteiger partial charge in [-0.2, -0.15) is 0 Å². The first kappa shape index (κ1) is 19.4. The minimum absolute atomic E-state index is 0.0852. The van der Waals surface area contributed by atoms with E-state index in [1.807, 2.05) is 24.3 Å². The fourth-order valence-electron chi connectivity index (χ4n) is 2.49. The molecule has 0 saturated carbocycles. The number of aliphatic carboxylic acids is 1. The Bertz CT molecular complexity index is 803. The van der Waals surface area contributed by atoms with Crippen LogP contribution in [0.15, 0.2) is 30.5 Å². The number of nitrogens with one attached hydrogen (secondary N) is 3. The molecule has 0 fully saturated rings. The highest BCUT2D eigenvalue weighted by Gasteiger charge is 2.26. The second kappa shape index (κ2) is 8.45. The van der Waals surface area contributed by atoms with Crippen molar-refractivity contribution < 1.29 is 24.6 Å². The van der Waals surface area contributed by atoms with Gasteiger partial charge < -0.3 is 31.6 Å². The zero-order chi connectivity index (χ0) is 19.3. The molecule has 0 radical (unpaired) electrons. The molecule has 3 unspecified atom stereocenters. The van der Waals surface area contributed by atoms with Gasteiger partial charge in [-0.15, -0.1) is 0 Å². The second-order valence-corrected chi connectivity index (χ2v) is 5.98. The van der Waals surface area contributed by atoms with Crippen molar-refractivity contribution in [2.75, 3.05) is 6.61 Å². The van der Waals surface area contributed by atoms with Crippen LogP contribution in [0, 0.1) is 0 Å². The van der Waals surface area contributed by atoms with Gasteiger partial charge in [-0.3, -0.25) is 9.59 Å². The summed E-state index contributed by atoms with van der Waals surface area (Å²) in [5, 5.41) is 23.9. The van der Waals surface area contributed by atoms with Gasteiger partial charge >= 0.3 is 5.97 Å². The number of aromatic nitrogens is 1. The van der Waals surface area contributed by atoms with Crippen LogP contribution < -0.4 is 16.4 Å².